The number of rotatable bonds is 3. The van der Waals surface area contributed by atoms with Crippen LogP contribution in [0.3, 0.4) is 0 Å². The molecule has 0 aliphatic rings. The van der Waals surface area contributed by atoms with Crippen molar-refractivity contribution in [2.24, 2.45) is 5.73 Å². The van der Waals surface area contributed by atoms with Gasteiger partial charge in [0.05, 0.1) is 5.02 Å². The van der Waals surface area contributed by atoms with E-state index in [0.717, 1.165) is 17.8 Å². The molecule has 20 heavy (non-hydrogen) atoms. The molecule has 0 aliphatic heterocycles. The minimum Gasteiger partial charge on any atom is -0.326 e. The summed E-state index contributed by atoms with van der Waals surface area (Å²) in [5.74, 6) is 0. The Balaban J connectivity index is 2.35. The van der Waals surface area contributed by atoms with Crippen molar-refractivity contribution in [3.63, 3.8) is 0 Å². The molecule has 0 aromatic carbocycles. The highest BCUT2D eigenvalue weighted by Crippen LogP contribution is 2.33. The van der Waals surface area contributed by atoms with E-state index in [1.165, 1.54) is 12.3 Å². The van der Waals surface area contributed by atoms with Crippen LogP contribution in [0.4, 0.5) is 13.2 Å². The van der Waals surface area contributed by atoms with Crippen molar-refractivity contribution in [1.29, 1.82) is 0 Å². The summed E-state index contributed by atoms with van der Waals surface area (Å²) in [4.78, 5) is 7.63. The molecule has 2 aromatic rings. The van der Waals surface area contributed by atoms with Gasteiger partial charge in [-0.1, -0.05) is 17.7 Å². The molecule has 2 aromatic heterocycles. The van der Waals surface area contributed by atoms with Gasteiger partial charge in [0, 0.05) is 12.7 Å². The molecule has 0 amide bonds. The van der Waals surface area contributed by atoms with Gasteiger partial charge < -0.3 is 5.73 Å². The van der Waals surface area contributed by atoms with Crippen LogP contribution in [0.25, 0.3) is 0 Å². The molecule has 0 aliphatic carbocycles. The summed E-state index contributed by atoms with van der Waals surface area (Å²) >= 11 is 6.72. The van der Waals surface area contributed by atoms with Crippen LogP contribution in [-0.4, -0.2) is 9.97 Å². The van der Waals surface area contributed by atoms with Crippen molar-refractivity contribution in [2.75, 3.05) is 0 Å². The maximum absolute atomic E-state index is 12.7. The van der Waals surface area contributed by atoms with Gasteiger partial charge in [-0.25, -0.2) is 9.97 Å². The summed E-state index contributed by atoms with van der Waals surface area (Å²) in [7, 11) is 0. The van der Waals surface area contributed by atoms with Crippen molar-refractivity contribution in [2.45, 2.75) is 22.8 Å². The van der Waals surface area contributed by atoms with Crippen LogP contribution in [0, 0.1) is 0 Å². The Labute approximate surface area is 122 Å². The van der Waals surface area contributed by atoms with Gasteiger partial charge in [-0.15, -0.1) is 0 Å². The van der Waals surface area contributed by atoms with Crippen molar-refractivity contribution >= 4 is 23.4 Å². The number of nitrogens with zero attached hydrogens (tertiary/aromatic N) is 2. The molecule has 0 unspecified atom stereocenters. The topological polar surface area (TPSA) is 51.8 Å². The Kier molecular flexibility index (Phi) is 4.52. The maximum atomic E-state index is 12.7. The highest BCUT2D eigenvalue weighted by atomic mass is 35.5. The predicted molar refractivity (Wildman–Crippen MR) is 70.5 cm³/mol. The number of hydrogen-bond donors (Lipinski definition) is 1. The summed E-state index contributed by atoms with van der Waals surface area (Å²) in [5.41, 5.74) is 5.09. The lowest BCUT2D eigenvalue weighted by Crippen LogP contribution is -2.10. The molecule has 8 heteroatoms. The van der Waals surface area contributed by atoms with Gasteiger partial charge >= 0.3 is 6.18 Å². The monoisotopic (exact) mass is 319 g/mol. The zero-order valence-electron chi connectivity index (χ0n) is 9.99. The van der Waals surface area contributed by atoms with E-state index in [1.807, 2.05) is 0 Å². The van der Waals surface area contributed by atoms with E-state index in [9.17, 15) is 13.2 Å². The molecule has 2 rings (SSSR count). The van der Waals surface area contributed by atoms with Gasteiger partial charge in [0.2, 0.25) is 0 Å². The van der Waals surface area contributed by atoms with E-state index in [-0.39, 0.29) is 11.6 Å². The molecule has 0 radical (unpaired) electrons. The second-order valence-corrected chi connectivity index (χ2v) is 5.22. The number of nitrogens with two attached hydrogens (primary N) is 1. The first-order valence-electron chi connectivity index (χ1n) is 5.47. The second kappa shape index (κ2) is 5.99. The third kappa shape index (κ3) is 3.62. The molecule has 0 atom stereocenters. The summed E-state index contributed by atoms with van der Waals surface area (Å²) in [6, 6.07) is 5.46. The Morgan fingerprint density at radius 3 is 2.50 bits per heavy atom. The standard InChI is InChI=1S/C12H9ClF3N3S/c13-8-2-4-10(18-6-8)20-11-7(5-17)1-3-9(19-11)12(14,15)16/h1-4,6H,5,17H2. The van der Waals surface area contributed by atoms with Gasteiger partial charge in [0.15, 0.2) is 0 Å². The zero-order chi connectivity index (χ0) is 14.8. The maximum Gasteiger partial charge on any atom is 0.433 e. The van der Waals surface area contributed by atoms with Crippen molar-refractivity contribution in [3.8, 4) is 0 Å². The van der Waals surface area contributed by atoms with E-state index in [2.05, 4.69) is 9.97 Å². The smallest absolute Gasteiger partial charge is 0.326 e. The van der Waals surface area contributed by atoms with Crippen molar-refractivity contribution < 1.29 is 13.2 Å². The number of alkyl halides is 3. The highest BCUT2D eigenvalue weighted by molar-refractivity contribution is 7.99. The molecule has 106 valence electrons. The number of pyridine rings is 2. The molecule has 2 N–H and O–H groups in total. The highest BCUT2D eigenvalue weighted by Gasteiger charge is 2.33. The fourth-order valence-electron chi connectivity index (χ4n) is 1.39. The van der Waals surface area contributed by atoms with Crippen LogP contribution in [0.15, 0.2) is 40.5 Å². The second-order valence-electron chi connectivity index (χ2n) is 3.78. The molecule has 0 saturated heterocycles. The zero-order valence-corrected chi connectivity index (χ0v) is 11.6. The molecule has 0 spiro atoms. The largest absolute Gasteiger partial charge is 0.433 e. The van der Waals surface area contributed by atoms with Crippen LogP contribution in [0.5, 0.6) is 0 Å². The first-order chi connectivity index (χ1) is 9.40. The average Bonchev–Trinajstić information content (AvgIpc) is 2.40. The summed E-state index contributed by atoms with van der Waals surface area (Å²) in [6.07, 6.45) is -3.07. The predicted octanol–water partition coefficient (Wildman–Crippen LogP) is 3.76. The molecule has 0 bridgehead atoms. The average molecular weight is 320 g/mol. The lowest BCUT2D eigenvalue weighted by Gasteiger charge is -2.10. The van der Waals surface area contributed by atoms with E-state index < -0.39 is 11.9 Å². The molecule has 0 saturated carbocycles. The number of halogens is 4. The lowest BCUT2D eigenvalue weighted by molar-refractivity contribution is -0.141. The quantitative estimate of drug-likeness (QED) is 0.936. The molecular weight excluding hydrogens is 311 g/mol. The third-order valence-corrected chi connectivity index (χ3v) is 3.57. The number of hydrogen-bond acceptors (Lipinski definition) is 4. The normalized spacial score (nSPS) is 11.7. The van der Waals surface area contributed by atoms with Crippen LogP contribution >= 0.6 is 23.4 Å². The van der Waals surface area contributed by atoms with Crippen LogP contribution in [-0.2, 0) is 12.7 Å². The van der Waals surface area contributed by atoms with Crippen molar-refractivity contribution in [1.82, 2.24) is 9.97 Å². The van der Waals surface area contributed by atoms with Gasteiger partial charge in [-0.05, 0) is 35.5 Å². The molecule has 2 heterocycles. The van der Waals surface area contributed by atoms with Gasteiger partial charge in [0.1, 0.15) is 15.7 Å². The van der Waals surface area contributed by atoms with Crippen LogP contribution in [0.1, 0.15) is 11.3 Å². The van der Waals surface area contributed by atoms with Crippen LogP contribution in [0.2, 0.25) is 5.02 Å². The van der Waals surface area contributed by atoms with E-state index in [4.69, 9.17) is 17.3 Å². The third-order valence-electron chi connectivity index (χ3n) is 2.35. The van der Waals surface area contributed by atoms with Crippen LogP contribution < -0.4 is 5.73 Å². The minimum atomic E-state index is -4.49. The summed E-state index contributed by atoms with van der Waals surface area (Å²) in [6.45, 7) is 0.0983. The van der Waals surface area contributed by atoms with Gasteiger partial charge in [-0.3, -0.25) is 0 Å². The first-order valence-corrected chi connectivity index (χ1v) is 6.66. The Morgan fingerprint density at radius 2 is 1.95 bits per heavy atom. The van der Waals surface area contributed by atoms with E-state index in [0.29, 0.717) is 15.6 Å². The Bertz CT molecular complexity index is 602. The fourth-order valence-corrected chi connectivity index (χ4v) is 2.37. The SMILES string of the molecule is NCc1ccc(C(F)(F)F)nc1Sc1ccc(Cl)cn1. The Hall–Kier alpha value is -1.31. The molecule has 3 nitrogen and oxygen atoms in total. The summed E-state index contributed by atoms with van der Waals surface area (Å²) in [5, 5.41) is 1.14. The minimum absolute atomic E-state index is 0.0983. The lowest BCUT2D eigenvalue weighted by atomic mass is 10.2. The Morgan fingerprint density at radius 1 is 1.20 bits per heavy atom. The van der Waals surface area contributed by atoms with Crippen molar-refractivity contribution in [3.05, 3.63) is 46.7 Å². The molecular formula is C12H9ClF3N3S. The summed E-state index contributed by atoms with van der Waals surface area (Å²) < 4.78 is 38.0. The van der Waals surface area contributed by atoms with Gasteiger partial charge in [-0.2, -0.15) is 13.2 Å². The van der Waals surface area contributed by atoms with E-state index in [1.54, 1.807) is 12.1 Å². The van der Waals surface area contributed by atoms with Gasteiger partial charge in [0.25, 0.3) is 0 Å². The van der Waals surface area contributed by atoms with E-state index >= 15 is 0 Å². The number of aromatic nitrogens is 2. The molecule has 0 fully saturated rings. The fraction of sp³-hybridized carbons (Fsp3) is 0.167. The first kappa shape index (κ1) is 15.1.